The van der Waals surface area contributed by atoms with E-state index >= 15 is 0 Å². The maximum atomic E-state index is 11.4. The number of ether oxygens (including phenoxy) is 1. The van der Waals surface area contributed by atoms with E-state index in [1.807, 2.05) is 32.0 Å². The van der Waals surface area contributed by atoms with E-state index in [0.29, 0.717) is 6.61 Å². The van der Waals surface area contributed by atoms with Crippen molar-refractivity contribution in [2.75, 3.05) is 6.61 Å². The van der Waals surface area contributed by atoms with Crippen LogP contribution in [0.1, 0.15) is 25.8 Å². The van der Waals surface area contributed by atoms with Crippen LogP contribution in [0.4, 0.5) is 0 Å². The van der Waals surface area contributed by atoms with E-state index in [0.717, 1.165) is 12.8 Å². The molecule has 0 heterocycles. The molecule has 0 amide bonds. The molecule has 0 spiro atoms. The van der Waals surface area contributed by atoms with Crippen LogP contribution in [0.2, 0.25) is 0 Å². The number of rotatable bonds is 6. The highest BCUT2D eigenvalue weighted by Gasteiger charge is 2.18. The van der Waals surface area contributed by atoms with Crippen molar-refractivity contribution in [3.05, 3.63) is 35.9 Å². The largest absolute Gasteiger partial charge is 0.465 e. The first-order valence-corrected chi connectivity index (χ1v) is 6.07. The predicted molar refractivity (Wildman–Crippen MR) is 68.5 cm³/mol. The number of hydrogen-bond acceptors (Lipinski definition) is 3. The standard InChI is InChI=1S/C14H21NO2/c1-11(2)13(15)14(16)17-10-6-9-12-7-4-3-5-8-12/h3-5,7-8,11,13H,6,9-10,15H2,1-2H3/t13-/m0/s1. The van der Waals surface area contributed by atoms with E-state index in [1.165, 1.54) is 5.56 Å². The first-order chi connectivity index (χ1) is 8.11. The first kappa shape index (κ1) is 13.7. The summed E-state index contributed by atoms with van der Waals surface area (Å²) < 4.78 is 5.12. The third-order valence-corrected chi connectivity index (χ3v) is 2.69. The number of benzene rings is 1. The van der Waals surface area contributed by atoms with Gasteiger partial charge in [-0.15, -0.1) is 0 Å². The Morgan fingerprint density at radius 3 is 2.53 bits per heavy atom. The third kappa shape index (κ3) is 5.00. The second-order valence-electron chi connectivity index (χ2n) is 4.53. The molecule has 1 atom stereocenters. The third-order valence-electron chi connectivity index (χ3n) is 2.69. The van der Waals surface area contributed by atoms with Crippen LogP contribution in [-0.4, -0.2) is 18.6 Å². The molecule has 0 unspecified atom stereocenters. The van der Waals surface area contributed by atoms with E-state index in [2.05, 4.69) is 12.1 Å². The van der Waals surface area contributed by atoms with Gasteiger partial charge in [0.05, 0.1) is 6.61 Å². The molecule has 1 rings (SSSR count). The van der Waals surface area contributed by atoms with Crippen molar-refractivity contribution >= 4 is 5.97 Å². The van der Waals surface area contributed by atoms with Gasteiger partial charge < -0.3 is 10.5 Å². The summed E-state index contributed by atoms with van der Waals surface area (Å²) in [6.45, 7) is 4.26. The van der Waals surface area contributed by atoms with Gasteiger partial charge in [-0.25, -0.2) is 0 Å². The van der Waals surface area contributed by atoms with Crippen molar-refractivity contribution < 1.29 is 9.53 Å². The van der Waals surface area contributed by atoms with Crippen LogP contribution in [-0.2, 0) is 16.0 Å². The normalized spacial score (nSPS) is 12.5. The van der Waals surface area contributed by atoms with Crippen LogP contribution in [0.5, 0.6) is 0 Å². The molecule has 0 aliphatic rings. The van der Waals surface area contributed by atoms with Crippen LogP contribution < -0.4 is 5.73 Å². The lowest BCUT2D eigenvalue weighted by Gasteiger charge is -2.14. The Labute approximate surface area is 103 Å². The van der Waals surface area contributed by atoms with E-state index in [9.17, 15) is 4.79 Å². The number of nitrogens with two attached hydrogens (primary N) is 1. The molecule has 3 heteroatoms. The number of aryl methyl sites for hydroxylation is 1. The fourth-order valence-corrected chi connectivity index (χ4v) is 1.46. The van der Waals surface area contributed by atoms with Crippen LogP contribution in [0.25, 0.3) is 0 Å². The summed E-state index contributed by atoms with van der Waals surface area (Å²) in [6.07, 6.45) is 1.76. The number of esters is 1. The molecular formula is C14H21NO2. The average Bonchev–Trinajstić information content (AvgIpc) is 2.34. The van der Waals surface area contributed by atoms with Gasteiger partial charge in [0, 0.05) is 0 Å². The minimum atomic E-state index is -0.508. The van der Waals surface area contributed by atoms with Gasteiger partial charge in [0.15, 0.2) is 0 Å². The Kier molecular flexibility index (Phi) is 5.70. The molecule has 94 valence electrons. The molecular weight excluding hydrogens is 214 g/mol. The summed E-state index contributed by atoms with van der Waals surface area (Å²) in [6, 6.07) is 9.65. The summed E-state index contributed by atoms with van der Waals surface area (Å²) in [4.78, 5) is 11.4. The molecule has 1 aromatic carbocycles. The summed E-state index contributed by atoms with van der Waals surface area (Å²) in [7, 11) is 0. The smallest absolute Gasteiger partial charge is 0.323 e. The van der Waals surface area contributed by atoms with Gasteiger partial charge in [-0.3, -0.25) is 4.79 Å². The van der Waals surface area contributed by atoms with Crippen LogP contribution in [0.15, 0.2) is 30.3 Å². The average molecular weight is 235 g/mol. The molecule has 0 aromatic heterocycles. The maximum Gasteiger partial charge on any atom is 0.323 e. The van der Waals surface area contributed by atoms with Gasteiger partial charge in [0.2, 0.25) is 0 Å². The van der Waals surface area contributed by atoms with Gasteiger partial charge >= 0.3 is 5.97 Å². The van der Waals surface area contributed by atoms with Gasteiger partial charge in [-0.05, 0) is 24.3 Å². The van der Waals surface area contributed by atoms with Crippen molar-refractivity contribution in [2.24, 2.45) is 11.7 Å². The summed E-state index contributed by atoms with van der Waals surface area (Å²) >= 11 is 0. The Morgan fingerprint density at radius 2 is 1.94 bits per heavy atom. The highest BCUT2D eigenvalue weighted by Crippen LogP contribution is 2.04. The quantitative estimate of drug-likeness (QED) is 0.607. The van der Waals surface area contributed by atoms with E-state index in [-0.39, 0.29) is 11.9 Å². The fourth-order valence-electron chi connectivity index (χ4n) is 1.46. The van der Waals surface area contributed by atoms with Crippen molar-refractivity contribution in [2.45, 2.75) is 32.7 Å². The number of carbonyl (C=O) groups excluding carboxylic acids is 1. The summed E-state index contributed by atoms with van der Waals surface area (Å²) in [5.74, 6) is -0.176. The zero-order chi connectivity index (χ0) is 12.7. The second kappa shape index (κ2) is 7.07. The topological polar surface area (TPSA) is 52.3 Å². The van der Waals surface area contributed by atoms with Crippen LogP contribution in [0.3, 0.4) is 0 Å². The highest BCUT2D eigenvalue weighted by atomic mass is 16.5. The number of carbonyl (C=O) groups is 1. The first-order valence-electron chi connectivity index (χ1n) is 6.07. The zero-order valence-corrected chi connectivity index (χ0v) is 10.6. The Morgan fingerprint density at radius 1 is 1.29 bits per heavy atom. The molecule has 0 bridgehead atoms. The van der Waals surface area contributed by atoms with Gasteiger partial charge in [0.1, 0.15) is 6.04 Å². The highest BCUT2D eigenvalue weighted by molar-refractivity contribution is 5.75. The molecule has 2 N–H and O–H groups in total. The molecule has 0 radical (unpaired) electrons. The Balaban J connectivity index is 2.18. The fraction of sp³-hybridized carbons (Fsp3) is 0.500. The summed E-state index contributed by atoms with van der Waals surface area (Å²) in [5, 5.41) is 0. The minimum absolute atomic E-state index is 0.122. The predicted octanol–water partition coefficient (Wildman–Crippen LogP) is 2.15. The van der Waals surface area contributed by atoms with Crippen molar-refractivity contribution in [3.63, 3.8) is 0 Å². The molecule has 0 saturated heterocycles. The molecule has 1 aromatic rings. The van der Waals surface area contributed by atoms with Crippen molar-refractivity contribution in [1.29, 1.82) is 0 Å². The molecule has 3 nitrogen and oxygen atoms in total. The monoisotopic (exact) mass is 235 g/mol. The van der Waals surface area contributed by atoms with Crippen LogP contribution in [0, 0.1) is 5.92 Å². The zero-order valence-electron chi connectivity index (χ0n) is 10.6. The van der Waals surface area contributed by atoms with Crippen LogP contribution >= 0.6 is 0 Å². The molecule has 0 aliphatic carbocycles. The summed E-state index contributed by atoms with van der Waals surface area (Å²) in [5.41, 5.74) is 6.94. The SMILES string of the molecule is CC(C)[C@H](N)C(=O)OCCCc1ccccc1. The Hall–Kier alpha value is -1.35. The van der Waals surface area contributed by atoms with Gasteiger partial charge in [-0.2, -0.15) is 0 Å². The lowest BCUT2D eigenvalue weighted by molar-refractivity contribution is -0.146. The van der Waals surface area contributed by atoms with Gasteiger partial charge in [-0.1, -0.05) is 44.2 Å². The molecule has 0 aliphatic heterocycles. The number of hydrogen-bond donors (Lipinski definition) is 1. The lowest BCUT2D eigenvalue weighted by Crippen LogP contribution is -2.37. The van der Waals surface area contributed by atoms with Crippen molar-refractivity contribution in [3.8, 4) is 0 Å². The minimum Gasteiger partial charge on any atom is -0.465 e. The van der Waals surface area contributed by atoms with Gasteiger partial charge in [0.25, 0.3) is 0 Å². The van der Waals surface area contributed by atoms with Crippen molar-refractivity contribution in [1.82, 2.24) is 0 Å². The molecule has 0 fully saturated rings. The van der Waals surface area contributed by atoms with E-state index in [4.69, 9.17) is 10.5 Å². The molecule has 17 heavy (non-hydrogen) atoms. The second-order valence-corrected chi connectivity index (χ2v) is 4.53. The lowest BCUT2D eigenvalue weighted by atomic mass is 10.1. The van der Waals surface area contributed by atoms with E-state index < -0.39 is 6.04 Å². The maximum absolute atomic E-state index is 11.4. The van der Waals surface area contributed by atoms with E-state index in [1.54, 1.807) is 0 Å². The molecule has 0 saturated carbocycles. The Bertz CT molecular complexity index is 335.